The van der Waals surface area contributed by atoms with Gasteiger partial charge in [-0.15, -0.1) is 0 Å². The second-order valence-corrected chi connectivity index (χ2v) is 6.40. The van der Waals surface area contributed by atoms with E-state index in [1.807, 2.05) is 37.3 Å². The van der Waals surface area contributed by atoms with Crippen LogP contribution in [0, 0.1) is 13.8 Å². The van der Waals surface area contributed by atoms with Gasteiger partial charge in [-0.1, -0.05) is 58.4 Å². The van der Waals surface area contributed by atoms with Gasteiger partial charge in [0.1, 0.15) is 6.10 Å². The van der Waals surface area contributed by atoms with Gasteiger partial charge in [0.2, 0.25) is 0 Å². The van der Waals surface area contributed by atoms with E-state index in [4.69, 9.17) is 0 Å². The Balaban J connectivity index is 2.21. The van der Waals surface area contributed by atoms with E-state index >= 15 is 0 Å². The summed E-state index contributed by atoms with van der Waals surface area (Å²) < 4.78 is 0.995. The van der Waals surface area contributed by atoms with Gasteiger partial charge >= 0.3 is 0 Å². The Labute approximate surface area is 133 Å². The molecule has 2 heteroatoms. The highest BCUT2D eigenvalue weighted by molar-refractivity contribution is 9.10. The van der Waals surface area contributed by atoms with E-state index in [1.54, 1.807) is 0 Å². The van der Waals surface area contributed by atoms with Crippen LogP contribution in [0.3, 0.4) is 0 Å². The zero-order chi connectivity index (χ0) is 15.0. The predicted octanol–water partition coefficient (Wildman–Crippen LogP) is 5.30. The van der Waals surface area contributed by atoms with Crippen LogP contribution in [-0.4, -0.2) is 5.11 Å². The zero-order valence-electron chi connectivity index (χ0n) is 12.1. The monoisotopic (exact) mass is 340 g/mol. The van der Waals surface area contributed by atoms with Crippen molar-refractivity contribution in [2.24, 2.45) is 0 Å². The molecule has 0 spiro atoms. The van der Waals surface area contributed by atoms with Crippen LogP contribution in [0.1, 0.15) is 28.4 Å². The van der Waals surface area contributed by atoms with Crippen molar-refractivity contribution in [3.63, 3.8) is 0 Å². The molecule has 21 heavy (non-hydrogen) atoms. The van der Waals surface area contributed by atoms with Crippen molar-refractivity contribution in [2.45, 2.75) is 20.0 Å². The minimum atomic E-state index is -0.618. The summed E-state index contributed by atoms with van der Waals surface area (Å²) in [7, 11) is 0. The molecule has 3 aromatic rings. The Morgan fingerprint density at radius 1 is 0.952 bits per heavy atom. The number of hydrogen-bond donors (Lipinski definition) is 1. The summed E-state index contributed by atoms with van der Waals surface area (Å²) in [5, 5.41) is 13.2. The van der Waals surface area contributed by atoms with Crippen LogP contribution in [0.2, 0.25) is 0 Å². The van der Waals surface area contributed by atoms with Gasteiger partial charge in [0.15, 0.2) is 0 Å². The topological polar surface area (TPSA) is 20.2 Å². The van der Waals surface area contributed by atoms with Crippen LogP contribution in [0.5, 0.6) is 0 Å². The Hall–Kier alpha value is -1.64. The molecule has 0 saturated heterocycles. The summed E-state index contributed by atoms with van der Waals surface area (Å²) in [5.74, 6) is 0. The van der Waals surface area contributed by atoms with Gasteiger partial charge in [0.25, 0.3) is 0 Å². The average molecular weight is 341 g/mol. The Kier molecular flexibility index (Phi) is 3.83. The predicted molar refractivity (Wildman–Crippen MR) is 91.6 cm³/mol. The third-order valence-corrected chi connectivity index (χ3v) is 4.30. The molecular formula is C19H17BrO. The van der Waals surface area contributed by atoms with Crippen LogP contribution in [0.4, 0.5) is 0 Å². The fraction of sp³-hybridized carbons (Fsp3) is 0.158. The van der Waals surface area contributed by atoms with Crippen molar-refractivity contribution < 1.29 is 5.11 Å². The van der Waals surface area contributed by atoms with E-state index in [2.05, 4.69) is 47.1 Å². The maximum Gasteiger partial charge on any atom is 0.105 e. The molecule has 0 aliphatic carbocycles. The fourth-order valence-electron chi connectivity index (χ4n) is 2.86. The standard InChI is InChI=1S/C19H17BrO/c1-12-9-15(11-16(20)10-12)19(21)18-13(2)7-8-14-5-3-4-6-17(14)18/h3-11,19,21H,1-2H3. The van der Waals surface area contributed by atoms with Crippen molar-refractivity contribution in [1.29, 1.82) is 0 Å². The number of halogens is 1. The third-order valence-electron chi connectivity index (χ3n) is 3.84. The molecule has 0 bridgehead atoms. The first-order valence-electron chi connectivity index (χ1n) is 6.99. The summed E-state index contributed by atoms with van der Waals surface area (Å²) in [4.78, 5) is 0. The number of aliphatic hydroxyl groups excluding tert-OH is 1. The zero-order valence-corrected chi connectivity index (χ0v) is 13.7. The molecule has 1 unspecified atom stereocenters. The van der Waals surface area contributed by atoms with Gasteiger partial charge in [-0.05, 0) is 59.0 Å². The number of aryl methyl sites for hydroxylation is 2. The molecule has 3 aromatic carbocycles. The molecule has 1 N–H and O–H groups in total. The van der Waals surface area contributed by atoms with Gasteiger partial charge in [0.05, 0.1) is 0 Å². The van der Waals surface area contributed by atoms with Crippen molar-refractivity contribution in [2.75, 3.05) is 0 Å². The molecule has 1 nitrogen and oxygen atoms in total. The highest BCUT2D eigenvalue weighted by Gasteiger charge is 2.16. The van der Waals surface area contributed by atoms with Crippen molar-refractivity contribution in [1.82, 2.24) is 0 Å². The third kappa shape index (κ3) is 2.74. The molecule has 0 aromatic heterocycles. The van der Waals surface area contributed by atoms with Gasteiger partial charge in [-0.25, -0.2) is 0 Å². The van der Waals surface area contributed by atoms with E-state index < -0.39 is 6.10 Å². The van der Waals surface area contributed by atoms with E-state index in [0.29, 0.717) is 0 Å². The minimum absolute atomic E-state index is 0.618. The molecule has 1 atom stereocenters. The first-order valence-corrected chi connectivity index (χ1v) is 7.79. The van der Waals surface area contributed by atoms with E-state index in [1.165, 1.54) is 0 Å². The highest BCUT2D eigenvalue weighted by atomic mass is 79.9. The summed E-state index contributed by atoms with van der Waals surface area (Å²) in [6.07, 6.45) is -0.618. The van der Waals surface area contributed by atoms with Crippen LogP contribution in [0.25, 0.3) is 10.8 Å². The fourth-order valence-corrected chi connectivity index (χ4v) is 3.48. The van der Waals surface area contributed by atoms with E-state index in [-0.39, 0.29) is 0 Å². The van der Waals surface area contributed by atoms with Crippen molar-refractivity contribution >= 4 is 26.7 Å². The molecule has 0 amide bonds. The maximum atomic E-state index is 10.9. The number of hydrogen-bond acceptors (Lipinski definition) is 1. The average Bonchev–Trinajstić information content (AvgIpc) is 2.45. The number of rotatable bonds is 2. The lowest BCUT2D eigenvalue weighted by Gasteiger charge is -2.18. The van der Waals surface area contributed by atoms with Crippen LogP contribution < -0.4 is 0 Å². The number of fused-ring (bicyclic) bond motifs is 1. The lowest BCUT2D eigenvalue weighted by atomic mass is 9.91. The second-order valence-electron chi connectivity index (χ2n) is 5.48. The molecule has 0 fully saturated rings. The van der Waals surface area contributed by atoms with Gasteiger partial charge < -0.3 is 5.11 Å². The normalized spacial score (nSPS) is 12.6. The van der Waals surface area contributed by atoms with Crippen LogP contribution >= 0.6 is 15.9 Å². The van der Waals surface area contributed by atoms with Crippen LogP contribution in [0.15, 0.2) is 59.1 Å². The molecule has 3 rings (SSSR count). The first kappa shape index (κ1) is 14.3. The van der Waals surface area contributed by atoms with Gasteiger partial charge in [-0.2, -0.15) is 0 Å². The molecule has 0 heterocycles. The maximum absolute atomic E-state index is 10.9. The number of benzene rings is 3. The molecule has 0 saturated carbocycles. The minimum Gasteiger partial charge on any atom is -0.384 e. The summed E-state index contributed by atoms with van der Waals surface area (Å²) in [5.41, 5.74) is 4.15. The molecule has 0 aliphatic heterocycles. The SMILES string of the molecule is Cc1cc(Br)cc(C(O)c2c(C)ccc3ccccc23)c1. The highest BCUT2D eigenvalue weighted by Crippen LogP contribution is 2.33. The summed E-state index contributed by atoms with van der Waals surface area (Å²) in [6, 6.07) is 18.4. The van der Waals surface area contributed by atoms with Gasteiger partial charge in [-0.3, -0.25) is 0 Å². The number of aliphatic hydroxyl groups is 1. The van der Waals surface area contributed by atoms with Crippen LogP contribution in [-0.2, 0) is 0 Å². The lowest BCUT2D eigenvalue weighted by molar-refractivity contribution is 0.221. The molecule has 0 aliphatic rings. The quantitative estimate of drug-likeness (QED) is 0.670. The second kappa shape index (κ2) is 5.63. The molecular weight excluding hydrogens is 324 g/mol. The molecule has 0 radical (unpaired) electrons. The van der Waals surface area contributed by atoms with E-state index in [9.17, 15) is 5.11 Å². The van der Waals surface area contributed by atoms with Gasteiger partial charge in [0, 0.05) is 4.47 Å². The Morgan fingerprint density at radius 2 is 1.71 bits per heavy atom. The van der Waals surface area contributed by atoms with Crippen molar-refractivity contribution in [3.05, 3.63) is 81.3 Å². The first-order chi connectivity index (χ1) is 10.1. The summed E-state index contributed by atoms with van der Waals surface area (Å²) in [6.45, 7) is 4.09. The summed E-state index contributed by atoms with van der Waals surface area (Å²) >= 11 is 3.51. The van der Waals surface area contributed by atoms with E-state index in [0.717, 1.165) is 37.5 Å². The Bertz CT molecular complexity index is 788. The molecule has 106 valence electrons. The Morgan fingerprint density at radius 3 is 2.48 bits per heavy atom. The largest absolute Gasteiger partial charge is 0.384 e. The van der Waals surface area contributed by atoms with Crippen molar-refractivity contribution in [3.8, 4) is 0 Å². The smallest absolute Gasteiger partial charge is 0.105 e. The lowest BCUT2D eigenvalue weighted by Crippen LogP contribution is -2.03.